The van der Waals surface area contributed by atoms with E-state index in [1.54, 1.807) is 0 Å². The Hall–Kier alpha value is -1.73. The second-order valence-electron chi connectivity index (χ2n) is 4.08. The van der Waals surface area contributed by atoms with E-state index < -0.39 is 11.7 Å². The fourth-order valence-corrected chi connectivity index (χ4v) is 1.41. The van der Waals surface area contributed by atoms with Crippen LogP contribution in [0, 0.1) is 5.82 Å². The van der Waals surface area contributed by atoms with Crippen LogP contribution in [0.5, 0.6) is 0 Å². The first kappa shape index (κ1) is 14.3. The largest absolute Gasteiger partial charge is 0.352 e. The molecular formula is C11H18FN5O. The number of amides is 1. The van der Waals surface area contributed by atoms with Crippen molar-refractivity contribution in [3.63, 3.8) is 0 Å². The van der Waals surface area contributed by atoms with Crippen LogP contribution in [-0.2, 0) is 0 Å². The highest BCUT2D eigenvalue weighted by molar-refractivity contribution is 5.95. The van der Waals surface area contributed by atoms with E-state index in [2.05, 4.69) is 15.7 Å². The molecule has 6 nitrogen and oxygen atoms in total. The number of anilines is 1. The monoisotopic (exact) mass is 255 g/mol. The van der Waals surface area contributed by atoms with Gasteiger partial charge in [0.2, 0.25) is 0 Å². The minimum absolute atomic E-state index is 0.0668. The summed E-state index contributed by atoms with van der Waals surface area (Å²) in [7, 11) is 3.90. The predicted octanol–water partition coefficient (Wildman–Crippen LogP) is 0.188. The third kappa shape index (κ3) is 3.94. The summed E-state index contributed by atoms with van der Waals surface area (Å²) < 4.78 is 13.7. The predicted molar refractivity (Wildman–Crippen MR) is 67.5 cm³/mol. The second kappa shape index (κ2) is 6.87. The van der Waals surface area contributed by atoms with Gasteiger partial charge in [-0.3, -0.25) is 4.79 Å². The Labute approximate surface area is 105 Å². The van der Waals surface area contributed by atoms with E-state index in [4.69, 9.17) is 5.84 Å². The molecule has 1 heterocycles. The first-order chi connectivity index (χ1) is 8.56. The molecule has 4 N–H and O–H groups in total. The van der Waals surface area contributed by atoms with Crippen molar-refractivity contribution < 1.29 is 9.18 Å². The molecule has 0 saturated carbocycles. The Morgan fingerprint density at radius 2 is 2.28 bits per heavy atom. The van der Waals surface area contributed by atoms with Crippen molar-refractivity contribution in [3.05, 3.63) is 23.6 Å². The Morgan fingerprint density at radius 1 is 1.56 bits per heavy atom. The van der Waals surface area contributed by atoms with Gasteiger partial charge in [-0.1, -0.05) is 0 Å². The molecule has 0 aliphatic rings. The van der Waals surface area contributed by atoms with E-state index in [1.807, 2.05) is 19.0 Å². The van der Waals surface area contributed by atoms with E-state index in [0.717, 1.165) is 13.0 Å². The number of hydrogen-bond acceptors (Lipinski definition) is 5. The van der Waals surface area contributed by atoms with Gasteiger partial charge >= 0.3 is 0 Å². The molecule has 1 rings (SSSR count). The maximum absolute atomic E-state index is 13.7. The summed E-state index contributed by atoms with van der Waals surface area (Å²) in [6.45, 7) is 1.35. The second-order valence-corrected chi connectivity index (χ2v) is 4.08. The summed E-state index contributed by atoms with van der Waals surface area (Å²) in [5.41, 5.74) is 2.03. The molecule has 0 fully saturated rings. The lowest BCUT2D eigenvalue weighted by molar-refractivity contribution is 0.0948. The van der Waals surface area contributed by atoms with E-state index in [1.165, 1.54) is 12.3 Å². The molecule has 18 heavy (non-hydrogen) atoms. The standard InChI is InChI=1S/C11H18FN5O/c1-17(2)7-3-5-15-11(18)8-4-6-14-10(16-13)9(8)12/h4,6H,3,5,7,13H2,1-2H3,(H,14,16)(H,15,18). The number of hydrogen-bond donors (Lipinski definition) is 3. The van der Waals surface area contributed by atoms with Crippen molar-refractivity contribution in [3.8, 4) is 0 Å². The molecule has 0 bridgehead atoms. The molecule has 0 atom stereocenters. The highest BCUT2D eigenvalue weighted by Gasteiger charge is 2.14. The molecule has 1 aromatic rings. The van der Waals surface area contributed by atoms with Gasteiger partial charge in [0.15, 0.2) is 11.6 Å². The number of nitrogen functional groups attached to an aromatic ring is 1. The van der Waals surface area contributed by atoms with Crippen LogP contribution in [0.2, 0.25) is 0 Å². The molecule has 7 heteroatoms. The Bertz CT molecular complexity index is 410. The van der Waals surface area contributed by atoms with Gasteiger partial charge in [0.25, 0.3) is 5.91 Å². The Balaban J connectivity index is 2.56. The Kier molecular flexibility index (Phi) is 5.47. The lowest BCUT2D eigenvalue weighted by Crippen LogP contribution is -2.28. The molecule has 0 unspecified atom stereocenters. The van der Waals surface area contributed by atoms with Gasteiger partial charge in [-0.2, -0.15) is 0 Å². The zero-order chi connectivity index (χ0) is 13.5. The van der Waals surface area contributed by atoms with Gasteiger partial charge in [-0.25, -0.2) is 15.2 Å². The minimum Gasteiger partial charge on any atom is -0.352 e. The highest BCUT2D eigenvalue weighted by atomic mass is 19.1. The summed E-state index contributed by atoms with van der Waals surface area (Å²) in [6.07, 6.45) is 2.13. The fourth-order valence-electron chi connectivity index (χ4n) is 1.41. The summed E-state index contributed by atoms with van der Waals surface area (Å²) in [4.78, 5) is 17.4. The molecule has 0 aromatic carbocycles. The van der Waals surface area contributed by atoms with Crippen LogP contribution in [0.4, 0.5) is 10.2 Å². The third-order valence-electron chi connectivity index (χ3n) is 2.34. The van der Waals surface area contributed by atoms with Gasteiger partial charge in [-0.15, -0.1) is 0 Å². The zero-order valence-electron chi connectivity index (χ0n) is 10.5. The maximum atomic E-state index is 13.7. The van der Waals surface area contributed by atoms with Gasteiger partial charge in [0.1, 0.15) is 0 Å². The minimum atomic E-state index is -0.745. The Morgan fingerprint density at radius 3 is 2.89 bits per heavy atom. The van der Waals surface area contributed by atoms with E-state index in [9.17, 15) is 9.18 Å². The van der Waals surface area contributed by atoms with Crippen molar-refractivity contribution in [1.29, 1.82) is 0 Å². The van der Waals surface area contributed by atoms with Crippen LogP contribution in [0.15, 0.2) is 12.3 Å². The number of halogens is 1. The molecule has 0 saturated heterocycles. The first-order valence-corrected chi connectivity index (χ1v) is 5.60. The van der Waals surface area contributed by atoms with Crippen molar-refractivity contribution in [1.82, 2.24) is 15.2 Å². The number of nitrogens with one attached hydrogen (secondary N) is 2. The average molecular weight is 255 g/mol. The van der Waals surface area contributed by atoms with Crippen LogP contribution in [0.3, 0.4) is 0 Å². The number of carbonyl (C=O) groups is 1. The van der Waals surface area contributed by atoms with E-state index in [0.29, 0.717) is 6.54 Å². The molecule has 0 radical (unpaired) electrons. The summed E-state index contributed by atoms with van der Waals surface area (Å²) in [5.74, 6) is 3.73. The van der Waals surface area contributed by atoms with E-state index >= 15 is 0 Å². The van der Waals surface area contributed by atoms with Gasteiger partial charge in [0, 0.05) is 12.7 Å². The topological polar surface area (TPSA) is 83.3 Å². The van der Waals surface area contributed by atoms with Gasteiger partial charge in [-0.05, 0) is 33.1 Å². The van der Waals surface area contributed by atoms with Crippen LogP contribution in [-0.4, -0.2) is 43.0 Å². The van der Waals surface area contributed by atoms with Crippen LogP contribution < -0.4 is 16.6 Å². The molecule has 0 aliphatic carbocycles. The first-order valence-electron chi connectivity index (χ1n) is 5.60. The molecular weight excluding hydrogens is 237 g/mol. The normalized spacial score (nSPS) is 10.5. The number of hydrazine groups is 1. The molecule has 1 amide bonds. The number of rotatable bonds is 6. The summed E-state index contributed by atoms with van der Waals surface area (Å²) in [6, 6.07) is 1.32. The molecule has 1 aromatic heterocycles. The molecule has 0 spiro atoms. The van der Waals surface area contributed by atoms with Gasteiger partial charge < -0.3 is 15.6 Å². The van der Waals surface area contributed by atoms with Crippen molar-refractivity contribution in [2.24, 2.45) is 5.84 Å². The van der Waals surface area contributed by atoms with E-state index in [-0.39, 0.29) is 11.4 Å². The summed E-state index contributed by atoms with van der Waals surface area (Å²) >= 11 is 0. The smallest absolute Gasteiger partial charge is 0.254 e. The van der Waals surface area contributed by atoms with Crippen LogP contribution in [0.1, 0.15) is 16.8 Å². The maximum Gasteiger partial charge on any atom is 0.254 e. The summed E-state index contributed by atoms with van der Waals surface area (Å²) in [5, 5.41) is 2.64. The number of aromatic nitrogens is 1. The number of nitrogens with zero attached hydrogens (tertiary/aromatic N) is 2. The molecule has 0 aliphatic heterocycles. The van der Waals surface area contributed by atoms with Crippen molar-refractivity contribution in [2.75, 3.05) is 32.6 Å². The number of pyridine rings is 1. The third-order valence-corrected chi connectivity index (χ3v) is 2.34. The highest BCUT2D eigenvalue weighted by Crippen LogP contribution is 2.13. The van der Waals surface area contributed by atoms with Crippen molar-refractivity contribution in [2.45, 2.75) is 6.42 Å². The SMILES string of the molecule is CN(C)CCCNC(=O)c1ccnc(NN)c1F. The molecule has 100 valence electrons. The lowest BCUT2D eigenvalue weighted by atomic mass is 10.2. The quantitative estimate of drug-likeness (QED) is 0.384. The lowest BCUT2D eigenvalue weighted by Gasteiger charge is -2.10. The fraction of sp³-hybridized carbons (Fsp3) is 0.455. The van der Waals surface area contributed by atoms with Crippen LogP contribution >= 0.6 is 0 Å². The van der Waals surface area contributed by atoms with Crippen molar-refractivity contribution >= 4 is 11.7 Å². The van der Waals surface area contributed by atoms with Gasteiger partial charge in [0.05, 0.1) is 5.56 Å². The number of carbonyl (C=O) groups excluding carboxylic acids is 1. The van der Waals surface area contributed by atoms with Crippen LogP contribution in [0.25, 0.3) is 0 Å². The number of nitrogens with two attached hydrogens (primary N) is 1. The average Bonchev–Trinajstić information content (AvgIpc) is 2.34. The zero-order valence-corrected chi connectivity index (χ0v) is 10.5.